The summed E-state index contributed by atoms with van der Waals surface area (Å²) in [7, 11) is 0. The highest BCUT2D eigenvalue weighted by Gasteiger charge is 2.33. The highest BCUT2D eigenvalue weighted by atomic mass is 35.5. The highest BCUT2D eigenvalue weighted by Crippen LogP contribution is 2.27. The van der Waals surface area contributed by atoms with E-state index >= 15 is 0 Å². The van der Waals surface area contributed by atoms with Crippen LogP contribution in [0.25, 0.3) is 6.08 Å². The Morgan fingerprint density at radius 1 is 1.06 bits per heavy atom. The molecule has 1 aliphatic heterocycles. The van der Waals surface area contributed by atoms with E-state index in [1.165, 1.54) is 0 Å². The van der Waals surface area contributed by atoms with E-state index in [9.17, 15) is 14.4 Å². The summed E-state index contributed by atoms with van der Waals surface area (Å²) in [6.07, 6.45) is 1.55. The predicted octanol–water partition coefficient (Wildman–Crippen LogP) is 4.76. The summed E-state index contributed by atoms with van der Waals surface area (Å²) in [5, 5.41) is 5.60. The zero-order chi connectivity index (χ0) is 24.1. The average Bonchev–Trinajstić information content (AvgIpc) is 3.06. The Morgan fingerprint density at radius 3 is 2.59 bits per heavy atom. The van der Waals surface area contributed by atoms with Crippen molar-refractivity contribution >= 4 is 41.2 Å². The van der Waals surface area contributed by atoms with Crippen molar-refractivity contribution in [3.8, 4) is 5.75 Å². The average molecular weight is 476 g/mol. The van der Waals surface area contributed by atoms with E-state index in [4.69, 9.17) is 16.3 Å². The zero-order valence-electron chi connectivity index (χ0n) is 18.4. The summed E-state index contributed by atoms with van der Waals surface area (Å²) in [6.45, 7) is 1.92. The topological polar surface area (TPSA) is 87.7 Å². The van der Waals surface area contributed by atoms with Crippen molar-refractivity contribution in [3.63, 3.8) is 0 Å². The lowest BCUT2D eigenvalue weighted by Crippen LogP contribution is -2.30. The number of aryl methyl sites for hydroxylation is 1. The van der Waals surface area contributed by atoms with Crippen LogP contribution in [0.3, 0.4) is 0 Å². The standard InChI is InChI=1S/C26H22ClN3O4/c1-17-6-5-7-19(12-17)15-30-25(32)22(29-26(30)33)14-18-10-11-23(21(27)13-18)34-16-24(31)28-20-8-3-2-4-9-20/h2-14H,15-16H2,1H3,(H,28,31)(H,29,33)/b22-14+. The van der Waals surface area contributed by atoms with Gasteiger partial charge in [-0.25, -0.2) is 4.79 Å². The van der Waals surface area contributed by atoms with Crippen LogP contribution in [-0.4, -0.2) is 29.4 Å². The number of carbonyl (C=O) groups excluding carboxylic acids is 3. The summed E-state index contributed by atoms with van der Waals surface area (Å²) in [4.78, 5) is 38.3. The second-order valence-electron chi connectivity index (χ2n) is 7.76. The molecular weight excluding hydrogens is 454 g/mol. The second kappa shape index (κ2) is 10.2. The van der Waals surface area contributed by atoms with Gasteiger partial charge in [0.25, 0.3) is 11.8 Å². The van der Waals surface area contributed by atoms with Gasteiger partial charge in [0.1, 0.15) is 11.4 Å². The number of hydrogen-bond acceptors (Lipinski definition) is 4. The Labute approximate surface area is 202 Å². The Hall–Kier alpha value is -4.10. The lowest BCUT2D eigenvalue weighted by atomic mass is 10.1. The molecule has 3 aromatic carbocycles. The lowest BCUT2D eigenvalue weighted by Gasteiger charge is -2.12. The van der Waals surface area contributed by atoms with Gasteiger partial charge in [0, 0.05) is 5.69 Å². The maximum Gasteiger partial charge on any atom is 0.329 e. The zero-order valence-corrected chi connectivity index (χ0v) is 19.1. The molecule has 3 aromatic rings. The number of rotatable bonds is 7. The fourth-order valence-electron chi connectivity index (χ4n) is 3.46. The Kier molecular flexibility index (Phi) is 6.94. The summed E-state index contributed by atoms with van der Waals surface area (Å²) in [5.74, 6) is -0.406. The van der Waals surface area contributed by atoms with Crippen LogP contribution in [0, 0.1) is 6.92 Å². The monoisotopic (exact) mass is 475 g/mol. The van der Waals surface area contributed by atoms with Crippen LogP contribution in [0.2, 0.25) is 5.02 Å². The number of carbonyl (C=O) groups is 3. The number of anilines is 1. The molecule has 1 fully saturated rings. The molecular formula is C26H22ClN3O4. The number of ether oxygens (including phenoxy) is 1. The molecule has 1 heterocycles. The molecule has 1 saturated heterocycles. The predicted molar refractivity (Wildman–Crippen MR) is 130 cm³/mol. The molecule has 4 rings (SSSR count). The van der Waals surface area contributed by atoms with Crippen molar-refractivity contribution in [2.45, 2.75) is 13.5 Å². The van der Waals surface area contributed by atoms with Gasteiger partial charge in [-0.1, -0.05) is 65.7 Å². The number of para-hydroxylation sites is 1. The number of urea groups is 1. The molecule has 0 saturated carbocycles. The van der Waals surface area contributed by atoms with E-state index in [0.717, 1.165) is 16.0 Å². The number of halogens is 1. The van der Waals surface area contributed by atoms with Gasteiger partial charge in [0.15, 0.2) is 6.61 Å². The van der Waals surface area contributed by atoms with Gasteiger partial charge in [-0.3, -0.25) is 14.5 Å². The van der Waals surface area contributed by atoms with Crippen LogP contribution in [0.1, 0.15) is 16.7 Å². The van der Waals surface area contributed by atoms with Gasteiger partial charge in [-0.05, 0) is 48.4 Å². The molecule has 34 heavy (non-hydrogen) atoms. The van der Waals surface area contributed by atoms with Crippen molar-refractivity contribution < 1.29 is 19.1 Å². The van der Waals surface area contributed by atoms with Crippen molar-refractivity contribution in [2.75, 3.05) is 11.9 Å². The van der Waals surface area contributed by atoms with E-state index in [1.807, 2.05) is 49.4 Å². The quantitative estimate of drug-likeness (QED) is 0.381. The summed E-state index contributed by atoms with van der Waals surface area (Å²) in [5.41, 5.74) is 3.35. The van der Waals surface area contributed by atoms with E-state index in [1.54, 1.807) is 36.4 Å². The third kappa shape index (κ3) is 5.63. The van der Waals surface area contributed by atoms with Crippen LogP contribution in [-0.2, 0) is 16.1 Å². The first-order valence-electron chi connectivity index (χ1n) is 10.6. The molecule has 0 unspecified atom stereocenters. The molecule has 2 N–H and O–H groups in total. The second-order valence-corrected chi connectivity index (χ2v) is 8.17. The van der Waals surface area contributed by atoms with Crippen molar-refractivity contribution in [3.05, 3.63) is 100 Å². The molecule has 8 heteroatoms. The van der Waals surface area contributed by atoms with Crippen molar-refractivity contribution in [1.82, 2.24) is 10.2 Å². The summed E-state index contributed by atoms with van der Waals surface area (Å²) >= 11 is 6.31. The third-order valence-electron chi connectivity index (χ3n) is 5.07. The molecule has 4 amide bonds. The van der Waals surface area contributed by atoms with Gasteiger partial charge in [0.2, 0.25) is 0 Å². The van der Waals surface area contributed by atoms with Gasteiger partial charge >= 0.3 is 6.03 Å². The van der Waals surface area contributed by atoms with Gasteiger partial charge < -0.3 is 15.4 Å². The number of imide groups is 1. The fourth-order valence-corrected chi connectivity index (χ4v) is 3.70. The summed E-state index contributed by atoms with van der Waals surface area (Å²) in [6, 6.07) is 21.1. The largest absolute Gasteiger partial charge is 0.482 e. The molecule has 0 spiro atoms. The first-order valence-corrected chi connectivity index (χ1v) is 10.9. The van der Waals surface area contributed by atoms with Gasteiger partial charge in [0.05, 0.1) is 11.6 Å². The number of nitrogens with zero attached hydrogens (tertiary/aromatic N) is 1. The molecule has 0 aliphatic carbocycles. The highest BCUT2D eigenvalue weighted by molar-refractivity contribution is 6.32. The molecule has 0 aromatic heterocycles. The van der Waals surface area contributed by atoms with E-state index in [2.05, 4.69) is 10.6 Å². The van der Waals surface area contributed by atoms with Crippen molar-refractivity contribution in [2.24, 2.45) is 0 Å². The minimum atomic E-state index is -0.478. The van der Waals surface area contributed by atoms with Crippen LogP contribution in [0.15, 0.2) is 78.5 Å². The number of nitrogens with one attached hydrogen (secondary N) is 2. The van der Waals surface area contributed by atoms with Crippen molar-refractivity contribution in [1.29, 1.82) is 0 Å². The number of amides is 4. The van der Waals surface area contributed by atoms with E-state index in [0.29, 0.717) is 17.0 Å². The van der Waals surface area contributed by atoms with Gasteiger partial charge in [-0.15, -0.1) is 0 Å². The number of benzene rings is 3. The maximum absolute atomic E-state index is 12.8. The Bertz CT molecular complexity index is 1270. The molecule has 172 valence electrons. The molecule has 0 atom stereocenters. The van der Waals surface area contributed by atoms with E-state index in [-0.39, 0.29) is 29.8 Å². The Balaban J connectivity index is 1.39. The normalized spacial score (nSPS) is 14.3. The number of hydrogen-bond donors (Lipinski definition) is 2. The van der Waals surface area contributed by atoms with Crippen LogP contribution < -0.4 is 15.4 Å². The minimum Gasteiger partial charge on any atom is -0.482 e. The Morgan fingerprint density at radius 2 is 1.85 bits per heavy atom. The molecule has 0 radical (unpaired) electrons. The van der Waals surface area contributed by atoms with Crippen LogP contribution >= 0.6 is 11.6 Å². The van der Waals surface area contributed by atoms with Crippen LogP contribution in [0.4, 0.5) is 10.5 Å². The maximum atomic E-state index is 12.8. The molecule has 7 nitrogen and oxygen atoms in total. The lowest BCUT2D eigenvalue weighted by molar-refractivity contribution is -0.123. The smallest absolute Gasteiger partial charge is 0.329 e. The third-order valence-corrected chi connectivity index (χ3v) is 5.36. The SMILES string of the molecule is Cc1cccc(CN2C(=O)N/C(=C/c3ccc(OCC(=O)Nc4ccccc4)c(Cl)c3)C2=O)c1. The van der Waals surface area contributed by atoms with E-state index < -0.39 is 11.9 Å². The summed E-state index contributed by atoms with van der Waals surface area (Å²) < 4.78 is 5.52. The van der Waals surface area contributed by atoms with Crippen LogP contribution in [0.5, 0.6) is 5.75 Å². The minimum absolute atomic E-state index is 0.157. The first-order chi connectivity index (χ1) is 16.4. The molecule has 0 bridgehead atoms. The van der Waals surface area contributed by atoms with Gasteiger partial charge in [-0.2, -0.15) is 0 Å². The fraction of sp³-hybridized carbons (Fsp3) is 0.115. The first kappa shape index (κ1) is 23.1. The molecule has 1 aliphatic rings.